The Kier molecular flexibility index (Phi) is 5.22. The van der Waals surface area contributed by atoms with Crippen molar-refractivity contribution in [3.63, 3.8) is 0 Å². The monoisotopic (exact) mass is 430 g/mol. The van der Waals surface area contributed by atoms with E-state index in [0.29, 0.717) is 25.7 Å². The molecule has 2 heterocycles. The van der Waals surface area contributed by atoms with Crippen molar-refractivity contribution in [1.82, 2.24) is 4.98 Å². The smallest absolute Gasteiger partial charge is 0.387 e. The number of halogens is 3. The fourth-order valence-corrected chi connectivity index (χ4v) is 4.09. The highest BCUT2D eigenvalue weighted by atomic mass is 79.9. The molecule has 3 aromatic rings. The third-order valence-electron chi connectivity index (χ3n) is 2.93. The molecule has 3 rings (SSSR count). The predicted molar refractivity (Wildman–Crippen MR) is 94.2 cm³/mol. The Morgan fingerprint density at radius 2 is 2.04 bits per heavy atom. The van der Waals surface area contributed by atoms with Gasteiger partial charge in [0.25, 0.3) is 5.91 Å². The van der Waals surface area contributed by atoms with Crippen LogP contribution in [0.1, 0.15) is 9.67 Å². The summed E-state index contributed by atoms with van der Waals surface area (Å²) >= 11 is 5.81. The van der Waals surface area contributed by atoms with E-state index in [9.17, 15) is 13.6 Å². The minimum Gasteiger partial charge on any atom is -0.434 e. The second kappa shape index (κ2) is 7.37. The van der Waals surface area contributed by atoms with Gasteiger partial charge in [-0.1, -0.05) is 12.1 Å². The maximum absolute atomic E-state index is 12.5. The fraction of sp³-hybridized carbons (Fsp3) is 0.0667. The number of nitrogens with one attached hydrogen (secondary N) is 1. The van der Waals surface area contributed by atoms with Crippen LogP contribution in [0, 0.1) is 0 Å². The molecule has 0 spiro atoms. The van der Waals surface area contributed by atoms with Gasteiger partial charge in [-0.05, 0) is 39.5 Å². The van der Waals surface area contributed by atoms with Crippen LogP contribution in [0.3, 0.4) is 0 Å². The minimum absolute atomic E-state index is 0.0386. The van der Waals surface area contributed by atoms with E-state index in [1.807, 2.05) is 0 Å². The molecule has 24 heavy (non-hydrogen) atoms. The summed E-state index contributed by atoms with van der Waals surface area (Å²) in [4.78, 5) is 17.0. The highest BCUT2D eigenvalue weighted by Gasteiger charge is 2.16. The molecule has 0 atom stereocenters. The lowest BCUT2D eigenvalue weighted by Gasteiger charge is -2.08. The van der Waals surface area contributed by atoms with Gasteiger partial charge >= 0.3 is 6.61 Å². The van der Waals surface area contributed by atoms with Crippen LogP contribution < -0.4 is 10.1 Å². The van der Waals surface area contributed by atoms with Gasteiger partial charge in [-0.15, -0.1) is 22.7 Å². The number of benzene rings is 1. The van der Waals surface area contributed by atoms with E-state index >= 15 is 0 Å². The van der Waals surface area contributed by atoms with Gasteiger partial charge in [-0.3, -0.25) is 10.1 Å². The number of amides is 1. The molecule has 9 heteroatoms. The quantitative estimate of drug-likeness (QED) is 0.582. The lowest BCUT2D eigenvalue weighted by atomic mass is 10.1. The summed E-state index contributed by atoms with van der Waals surface area (Å²) in [6, 6.07) is 8.17. The highest BCUT2D eigenvalue weighted by Crippen LogP contribution is 2.33. The van der Waals surface area contributed by atoms with Gasteiger partial charge in [0.15, 0.2) is 5.13 Å². The zero-order chi connectivity index (χ0) is 17.1. The standard InChI is InChI=1S/C15H9BrF2N2O2S2/c16-9-5-6-23-12(9)13(21)20-15-19-10(7-24-15)8-3-1-2-4-11(8)22-14(17)18/h1-7,14H,(H,19,20,21). The van der Waals surface area contributed by atoms with Gasteiger partial charge in [-0.2, -0.15) is 8.78 Å². The SMILES string of the molecule is O=C(Nc1nc(-c2ccccc2OC(F)F)cs1)c1sccc1Br. The van der Waals surface area contributed by atoms with Crippen LogP contribution in [0.4, 0.5) is 13.9 Å². The van der Waals surface area contributed by atoms with E-state index in [2.05, 4.69) is 31.0 Å². The average molecular weight is 431 g/mol. The maximum atomic E-state index is 12.5. The first-order valence-corrected chi connectivity index (χ1v) is 9.14. The molecular weight excluding hydrogens is 422 g/mol. The number of hydrogen-bond donors (Lipinski definition) is 1. The van der Waals surface area contributed by atoms with Gasteiger partial charge < -0.3 is 4.74 Å². The number of carbonyl (C=O) groups excluding carboxylic acids is 1. The summed E-state index contributed by atoms with van der Waals surface area (Å²) < 4.78 is 30.2. The molecule has 0 fully saturated rings. The third kappa shape index (κ3) is 3.80. The number of anilines is 1. The summed E-state index contributed by atoms with van der Waals surface area (Å²) in [6.07, 6.45) is 0. The minimum atomic E-state index is -2.92. The number of hydrogen-bond acceptors (Lipinski definition) is 5. The van der Waals surface area contributed by atoms with E-state index in [0.717, 1.165) is 0 Å². The normalized spacial score (nSPS) is 10.8. The summed E-state index contributed by atoms with van der Waals surface area (Å²) in [7, 11) is 0. The van der Waals surface area contributed by atoms with Crippen molar-refractivity contribution in [3.8, 4) is 17.0 Å². The molecule has 0 aliphatic heterocycles. The first-order chi connectivity index (χ1) is 11.5. The van der Waals surface area contributed by atoms with Crippen LogP contribution in [-0.2, 0) is 0 Å². The predicted octanol–water partition coefficient (Wildman–Crippen LogP) is 5.49. The zero-order valence-corrected chi connectivity index (χ0v) is 15.1. The number of rotatable bonds is 5. The molecule has 1 amide bonds. The number of ether oxygens (including phenoxy) is 1. The third-order valence-corrected chi connectivity index (χ3v) is 5.52. The maximum Gasteiger partial charge on any atom is 0.387 e. The number of thiazole rings is 1. The number of carbonyl (C=O) groups is 1. The van der Waals surface area contributed by atoms with E-state index < -0.39 is 6.61 Å². The first-order valence-electron chi connectivity index (χ1n) is 6.58. The van der Waals surface area contributed by atoms with E-state index in [1.165, 1.54) is 28.7 Å². The van der Waals surface area contributed by atoms with Crippen molar-refractivity contribution in [1.29, 1.82) is 0 Å². The van der Waals surface area contributed by atoms with Gasteiger partial charge in [0.05, 0.1) is 5.69 Å². The summed E-state index contributed by atoms with van der Waals surface area (Å²) in [5, 5.41) is 6.54. The lowest BCUT2D eigenvalue weighted by Crippen LogP contribution is -2.10. The number of para-hydroxylation sites is 1. The number of alkyl halides is 2. The first kappa shape index (κ1) is 17.0. The molecule has 0 unspecified atom stereocenters. The number of aromatic nitrogens is 1. The van der Waals surface area contributed by atoms with Gasteiger partial charge in [0.1, 0.15) is 10.6 Å². The van der Waals surface area contributed by atoms with Gasteiger partial charge in [0, 0.05) is 15.4 Å². The van der Waals surface area contributed by atoms with Crippen LogP contribution in [0.5, 0.6) is 5.75 Å². The molecule has 1 N–H and O–H groups in total. The Bertz CT molecular complexity index is 867. The molecule has 0 bridgehead atoms. The Morgan fingerprint density at radius 1 is 1.25 bits per heavy atom. The van der Waals surface area contributed by atoms with Crippen molar-refractivity contribution in [2.45, 2.75) is 6.61 Å². The van der Waals surface area contributed by atoms with E-state index in [1.54, 1.807) is 35.0 Å². The molecule has 0 aliphatic rings. The number of thiophene rings is 1. The van der Waals surface area contributed by atoms with Crippen LogP contribution >= 0.6 is 38.6 Å². The van der Waals surface area contributed by atoms with Crippen LogP contribution in [0.25, 0.3) is 11.3 Å². The molecule has 0 aliphatic carbocycles. The molecule has 0 saturated heterocycles. The molecule has 0 saturated carbocycles. The van der Waals surface area contributed by atoms with Crippen LogP contribution in [0.15, 0.2) is 45.6 Å². The molecule has 2 aromatic heterocycles. The Hall–Kier alpha value is -1.84. The van der Waals surface area contributed by atoms with Crippen LogP contribution in [-0.4, -0.2) is 17.5 Å². The van der Waals surface area contributed by atoms with Gasteiger partial charge in [-0.25, -0.2) is 4.98 Å². The molecule has 124 valence electrons. The summed E-state index contributed by atoms with van der Waals surface area (Å²) in [6.45, 7) is -2.92. The second-order valence-electron chi connectivity index (χ2n) is 4.46. The molecule has 1 aromatic carbocycles. The molecule has 4 nitrogen and oxygen atoms in total. The lowest BCUT2D eigenvalue weighted by molar-refractivity contribution is -0.0494. The van der Waals surface area contributed by atoms with E-state index in [-0.39, 0.29) is 11.7 Å². The fourth-order valence-electron chi connectivity index (χ4n) is 1.94. The van der Waals surface area contributed by atoms with E-state index in [4.69, 9.17) is 0 Å². The van der Waals surface area contributed by atoms with Crippen molar-refractivity contribution < 1.29 is 18.3 Å². The zero-order valence-electron chi connectivity index (χ0n) is 11.8. The average Bonchev–Trinajstić information content (AvgIpc) is 3.16. The number of nitrogens with zero attached hydrogens (tertiary/aromatic N) is 1. The Labute approximate surface area is 152 Å². The molecule has 0 radical (unpaired) electrons. The Morgan fingerprint density at radius 3 is 2.75 bits per heavy atom. The summed E-state index contributed by atoms with van der Waals surface area (Å²) in [5.41, 5.74) is 0.892. The largest absolute Gasteiger partial charge is 0.434 e. The highest BCUT2D eigenvalue weighted by molar-refractivity contribution is 9.10. The van der Waals surface area contributed by atoms with Gasteiger partial charge in [0.2, 0.25) is 0 Å². The summed E-state index contributed by atoms with van der Waals surface area (Å²) in [5.74, 6) is -0.244. The Balaban J connectivity index is 1.81. The molecular formula is C15H9BrF2N2O2S2. The topological polar surface area (TPSA) is 51.2 Å². The van der Waals surface area contributed by atoms with Crippen molar-refractivity contribution in [3.05, 3.63) is 50.4 Å². The second-order valence-corrected chi connectivity index (χ2v) is 7.09. The van der Waals surface area contributed by atoms with Crippen molar-refractivity contribution in [2.75, 3.05) is 5.32 Å². The van der Waals surface area contributed by atoms with Crippen molar-refractivity contribution in [2.24, 2.45) is 0 Å². The van der Waals surface area contributed by atoms with Crippen LogP contribution in [0.2, 0.25) is 0 Å². The van der Waals surface area contributed by atoms with Crippen molar-refractivity contribution >= 4 is 49.6 Å².